The Morgan fingerprint density at radius 3 is 2.37 bits per heavy atom. The molecule has 3 heteroatoms. The molecule has 1 atom stereocenters. The number of hydrogen-bond donors (Lipinski definition) is 1. The molecule has 0 spiro atoms. The van der Waals surface area contributed by atoms with Crippen LogP contribution in [0.4, 0.5) is 0 Å². The first-order chi connectivity index (χ1) is 9.13. The quantitative estimate of drug-likeness (QED) is 0.808. The van der Waals surface area contributed by atoms with Crippen molar-refractivity contribution in [3.05, 3.63) is 22.6 Å². The summed E-state index contributed by atoms with van der Waals surface area (Å²) < 4.78 is 6.80. The van der Waals surface area contributed by atoms with Crippen molar-refractivity contribution in [3.8, 4) is 0 Å². The number of rotatable bonds is 5. The lowest BCUT2D eigenvalue weighted by atomic mass is 9.74. The van der Waals surface area contributed by atoms with Gasteiger partial charge in [0, 0.05) is 0 Å². The molecule has 0 amide bonds. The van der Waals surface area contributed by atoms with E-state index in [0.29, 0.717) is 12.0 Å². The molecule has 1 saturated carbocycles. The number of furan rings is 1. The molecular weight excluding hydrogens is 302 g/mol. The van der Waals surface area contributed by atoms with Gasteiger partial charge in [0.15, 0.2) is 0 Å². The van der Waals surface area contributed by atoms with Gasteiger partial charge in [-0.2, -0.15) is 0 Å². The first kappa shape index (κ1) is 15.1. The molecule has 1 aromatic rings. The van der Waals surface area contributed by atoms with Crippen LogP contribution in [0, 0.1) is 17.8 Å². The molecule has 0 aliphatic heterocycles. The Morgan fingerprint density at radius 1 is 1.26 bits per heavy atom. The van der Waals surface area contributed by atoms with Crippen molar-refractivity contribution in [2.45, 2.75) is 52.5 Å². The van der Waals surface area contributed by atoms with Crippen LogP contribution in [0.5, 0.6) is 0 Å². The van der Waals surface area contributed by atoms with Gasteiger partial charge in [0.2, 0.25) is 0 Å². The van der Waals surface area contributed by atoms with E-state index in [4.69, 9.17) is 4.42 Å². The Labute approximate surface area is 125 Å². The van der Waals surface area contributed by atoms with E-state index in [9.17, 15) is 0 Å². The van der Waals surface area contributed by atoms with Gasteiger partial charge in [0.25, 0.3) is 0 Å². The summed E-state index contributed by atoms with van der Waals surface area (Å²) in [6, 6.07) is 2.36. The summed E-state index contributed by atoms with van der Waals surface area (Å²) in [4.78, 5) is 0. The second-order valence-electron chi connectivity index (χ2n) is 6.09. The van der Waals surface area contributed by atoms with E-state index in [0.717, 1.165) is 28.6 Å². The Morgan fingerprint density at radius 2 is 1.89 bits per heavy atom. The Hall–Kier alpha value is -0.280. The molecule has 1 aliphatic carbocycles. The molecule has 1 unspecified atom stereocenters. The van der Waals surface area contributed by atoms with Crippen LogP contribution in [0.1, 0.15) is 58.3 Å². The molecule has 19 heavy (non-hydrogen) atoms. The van der Waals surface area contributed by atoms with Gasteiger partial charge in [0.1, 0.15) is 5.76 Å². The third-order valence-electron chi connectivity index (χ3n) is 4.58. The molecule has 0 radical (unpaired) electrons. The van der Waals surface area contributed by atoms with Gasteiger partial charge in [-0.1, -0.05) is 20.8 Å². The second-order valence-corrected chi connectivity index (χ2v) is 6.94. The smallest absolute Gasteiger partial charge is 0.135 e. The Bertz CT molecular complexity index is 380. The standard InChI is InChI=1S/C16H26BrNO/c1-4-18-15(16-14(17)9-10-19-16)13-7-5-12(6-8-13)11(2)3/h9-13,15,18H,4-8H2,1-3H3. The number of hydrogen-bond acceptors (Lipinski definition) is 2. The molecular formula is C16H26BrNO. The predicted molar refractivity (Wildman–Crippen MR) is 83.1 cm³/mol. The molecule has 2 rings (SSSR count). The third kappa shape index (κ3) is 3.63. The zero-order valence-electron chi connectivity index (χ0n) is 12.3. The summed E-state index contributed by atoms with van der Waals surface area (Å²) in [6.07, 6.45) is 7.13. The molecule has 108 valence electrons. The molecule has 1 fully saturated rings. The van der Waals surface area contributed by atoms with E-state index >= 15 is 0 Å². The largest absolute Gasteiger partial charge is 0.466 e. The zero-order chi connectivity index (χ0) is 13.8. The molecule has 1 aromatic heterocycles. The zero-order valence-corrected chi connectivity index (χ0v) is 13.9. The van der Waals surface area contributed by atoms with Gasteiger partial charge < -0.3 is 9.73 Å². The van der Waals surface area contributed by atoms with Crippen LogP contribution in [0.15, 0.2) is 21.2 Å². The highest BCUT2D eigenvalue weighted by Crippen LogP contribution is 2.41. The summed E-state index contributed by atoms with van der Waals surface area (Å²) in [6.45, 7) is 7.87. The molecule has 0 bridgehead atoms. The van der Waals surface area contributed by atoms with Crippen LogP contribution in [-0.2, 0) is 0 Å². The normalized spacial score (nSPS) is 25.7. The van der Waals surface area contributed by atoms with Gasteiger partial charge in [-0.3, -0.25) is 0 Å². The number of nitrogens with one attached hydrogen (secondary N) is 1. The van der Waals surface area contributed by atoms with Gasteiger partial charge in [-0.15, -0.1) is 0 Å². The van der Waals surface area contributed by atoms with Crippen LogP contribution >= 0.6 is 15.9 Å². The average Bonchev–Trinajstić information content (AvgIpc) is 2.82. The van der Waals surface area contributed by atoms with E-state index in [2.05, 4.69) is 42.0 Å². The highest BCUT2D eigenvalue weighted by molar-refractivity contribution is 9.10. The SMILES string of the molecule is CCNC(c1occc1Br)C1CCC(C(C)C)CC1. The number of halogens is 1. The van der Waals surface area contributed by atoms with Crippen molar-refractivity contribution >= 4 is 15.9 Å². The first-order valence-electron chi connectivity index (χ1n) is 7.59. The summed E-state index contributed by atoms with van der Waals surface area (Å²) >= 11 is 3.60. The van der Waals surface area contributed by atoms with E-state index < -0.39 is 0 Å². The molecule has 1 N–H and O–H groups in total. The molecule has 2 nitrogen and oxygen atoms in total. The fourth-order valence-electron chi connectivity index (χ4n) is 3.37. The van der Waals surface area contributed by atoms with Crippen molar-refractivity contribution in [1.29, 1.82) is 0 Å². The highest BCUT2D eigenvalue weighted by Gasteiger charge is 2.31. The van der Waals surface area contributed by atoms with E-state index in [1.807, 2.05) is 6.07 Å². The maximum atomic E-state index is 5.70. The predicted octanol–water partition coefficient (Wildman–Crippen LogP) is 5.16. The third-order valence-corrected chi connectivity index (χ3v) is 5.24. The van der Waals surface area contributed by atoms with Crippen molar-refractivity contribution < 1.29 is 4.42 Å². The maximum Gasteiger partial charge on any atom is 0.135 e. The molecule has 1 heterocycles. The van der Waals surface area contributed by atoms with Crippen LogP contribution in [-0.4, -0.2) is 6.54 Å². The van der Waals surface area contributed by atoms with Crippen LogP contribution in [0.3, 0.4) is 0 Å². The van der Waals surface area contributed by atoms with Gasteiger partial charge >= 0.3 is 0 Å². The fourth-order valence-corrected chi connectivity index (χ4v) is 3.81. The van der Waals surface area contributed by atoms with E-state index in [1.54, 1.807) is 6.26 Å². The minimum absolute atomic E-state index is 0.363. The summed E-state index contributed by atoms with van der Waals surface area (Å²) in [5.41, 5.74) is 0. The van der Waals surface area contributed by atoms with Crippen LogP contribution in [0.25, 0.3) is 0 Å². The first-order valence-corrected chi connectivity index (χ1v) is 8.39. The molecule has 1 aliphatic rings. The topological polar surface area (TPSA) is 25.2 Å². The summed E-state index contributed by atoms with van der Waals surface area (Å²) in [5.74, 6) is 3.53. The minimum atomic E-state index is 0.363. The lowest BCUT2D eigenvalue weighted by molar-refractivity contribution is 0.178. The lowest BCUT2D eigenvalue weighted by Gasteiger charge is -2.35. The molecule has 0 saturated heterocycles. The van der Waals surface area contributed by atoms with Gasteiger partial charge in [-0.05, 0) is 72.0 Å². The van der Waals surface area contributed by atoms with Gasteiger partial charge in [0.05, 0.1) is 16.8 Å². The molecule has 0 aromatic carbocycles. The minimum Gasteiger partial charge on any atom is -0.466 e. The summed E-state index contributed by atoms with van der Waals surface area (Å²) in [7, 11) is 0. The fraction of sp³-hybridized carbons (Fsp3) is 0.750. The lowest BCUT2D eigenvalue weighted by Crippen LogP contribution is -2.31. The van der Waals surface area contributed by atoms with E-state index in [1.165, 1.54) is 25.7 Å². The highest BCUT2D eigenvalue weighted by atomic mass is 79.9. The van der Waals surface area contributed by atoms with Crippen molar-refractivity contribution in [2.24, 2.45) is 17.8 Å². The van der Waals surface area contributed by atoms with Crippen LogP contribution < -0.4 is 5.32 Å². The van der Waals surface area contributed by atoms with Crippen molar-refractivity contribution in [3.63, 3.8) is 0 Å². The van der Waals surface area contributed by atoms with Crippen molar-refractivity contribution in [2.75, 3.05) is 6.54 Å². The average molecular weight is 328 g/mol. The van der Waals surface area contributed by atoms with Gasteiger partial charge in [-0.25, -0.2) is 0 Å². The summed E-state index contributed by atoms with van der Waals surface area (Å²) in [5, 5.41) is 3.62. The van der Waals surface area contributed by atoms with Crippen molar-refractivity contribution in [1.82, 2.24) is 5.32 Å². The van der Waals surface area contributed by atoms with Crippen LogP contribution in [0.2, 0.25) is 0 Å². The Balaban J connectivity index is 2.03. The maximum absolute atomic E-state index is 5.70. The Kier molecular flexibility index (Phi) is 5.52. The van der Waals surface area contributed by atoms with E-state index in [-0.39, 0.29) is 0 Å². The second kappa shape index (κ2) is 6.94. The monoisotopic (exact) mass is 327 g/mol.